The van der Waals surface area contributed by atoms with Crippen molar-refractivity contribution in [2.24, 2.45) is 0 Å². The van der Waals surface area contributed by atoms with Crippen LogP contribution in [0.4, 0.5) is 4.39 Å². The Balaban J connectivity index is 1.85. The van der Waals surface area contributed by atoms with Crippen LogP contribution < -0.4 is 10.9 Å². The molecule has 0 spiro atoms. The molecule has 0 radical (unpaired) electrons. The third-order valence-electron chi connectivity index (χ3n) is 5.37. The minimum atomic E-state index is -0.376. The van der Waals surface area contributed by atoms with Gasteiger partial charge in [-0.3, -0.25) is 9.59 Å². The quantitative estimate of drug-likeness (QED) is 0.533. The number of hydrogen-bond donors (Lipinski definition) is 1. The summed E-state index contributed by atoms with van der Waals surface area (Å²) in [5.41, 5.74) is 1.33. The summed E-state index contributed by atoms with van der Waals surface area (Å²) in [6, 6.07) is 14.1. The maximum atomic E-state index is 14.3. The average molecular weight is 406 g/mol. The van der Waals surface area contributed by atoms with E-state index in [1.165, 1.54) is 6.07 Å². The Morgan fingerprint density at radius 3 is 2.63 bits per heavy atom. The average Bonchev–Trinajstić information content (AvgIpc) is 3.06. The summed E-state index contributed by atoms with van der Waals surface area (Å²) >= 11 is 0. The van der Waals surface area contributed by atoms with Gasteiger partial charge in [0.25, 0.3) is 5.56 Å². The lowest BCUT2D eigenvalue weighted by Crippen LogP contribution is -2.38. The van der Waals surface area contributed by atoms with Gasteiger partial charge in [0, 0.05) is 27.9 Å². The smallest absolute Gasteiger partial charge is 0.291 e. The SMILES string of the molecule is CC[C@@H](C)NC(=O)Cn1ncc2c3ccccc3n(Cc3ccccc3F)c2c1=O. The van der Waals surface area contributed by atoms with E-state index in [9.17, 15) is 14.0 Å². The van der Waals surface area contributed by atoms with E-state index < -0.39 is 0 Å². The zero-order valence-electron chi connectivity index (χ0n) is 16.9. The maximum Gasteiger partial charge on any atom is 0.291 e. The first-order valence-electron chi connectivity index (χ1n) is 9.99. The normalized spacial score (nSPS) is 12.4. The van der Waals surface area contributed by atoms with Gasteiger partial charge in [-0.05, 0) is 25.5 Å². The molecule has 0 saturated carbocycles. The molecule has 1 atom stereocenters. The summed E-state index contributed by atoms with van der Waals surface area (Å²) in [6.07, 6.45) is 2.40. The van der Waals surface area contributed by atoms with Gasteiger partial charge in [0.1, 0.15) is 17.9 Å². The standard InChI is InChI=1S/C23H23FN4O2/c1-3-15(2)26-21(29)14-28-23(30)22-18(12-25-28)17-9-5-7-11-20(17)27(22)13-16-8-4-6-10-19(16)24/h4-12,15H,3,13-14H2,1-2H3,(H,26,29)/t15-/m1/s1. The zero-order chi connectivity index (χ0) is 21.3. The van der Waals surface area contributed by atoms with Crippen LogP contribution in [0.2, 0.25) is 0 Å². The number of amides is 1. The number of nitrogens with one attached hydrogen (secondary N) is 1. The summed E-state index contributed by atoms with van der Waals surface area (Å²) in [6.45, 7) is 3.92. The number of halogens is 1. The molecule has 0 saturated heterocycles. The minimum Gasteiger partial charge on any atom is -0.352 e. The van der Waals surface area contributed by atoms with Crippen molar-refractivity contribution in [2.45, 2.75) is 39.4 Å². The maximum absolute atomic E-state index is 14.3. The van der Waals surface area contributed by atoms with Crippen molar-refractivity contribution in [1.29, 1.82) is 0 Å². The molecule has 6 nitrogen and oxygen atoms in total. The molecule has 0 fully saturated rings. The summed E-state index contributed by atoms with van der Waals surface area (Å²) < 4.78 is 17.3. The van der Waals surface area contributed by atoms with Crippen molar-refractivity contribution in [3.05, 3.63) is 76.5 Å². The molecule has 2 aromatic heterocycles. The molecule has 7 heteroatoms. The molecule has 154 valence electrons. The van der Waals surface area contributed by atoms with Crippen LogP contribution >= 0.6 is 0 Å². The lowest BCUT2D eigenvalue weighted by molar-refractivity contribution is -0.122. The molecule has 0 aliphatic rings. The highest BCUT2D eigenvalue weighted by Gasteiger charge is 2.18. The van der Waals surface area contributed by atoms with Crippen molar-refractivity contribution in [2.75, 3.05) is 0 Å². The molecule has 2 heterocycles. The number of aromatic nitrogens is 3. The van der Waals surface area contributed by atoms with Crippen LogP contribution in [-0.4, -0.2) is 26.3 Å². The second kappa shape index (κ2) is 8.10. The lowest BCUT2D eigenvalue weighted by Gasteiger charge is -2.12. The molecule has 0 bridgehead atoms. The molecule has 1 amide bonds. The molecule has 0 aliphatic heterocycles. The second-order valence-electron chi connectivity index (χ2n) is 7.44. The zero-order valence-corrected chi connectivity index (χ0v) is 16.9. The van der Waals surface area contributed by atoms with E-state index in [0.29, 0.717) is 16.5 Å². The predicted octanol–water partition coefficient (Wildman–Crippen LogP) is 3.45. The molecule has 0 aliphatic carbocycles. The number of nitrogens with zero attached hydrogens (tertiary/aromatic N) is 3. The molecule has 1 N–H and O–H groups in total. The van der Waals surface area contributed by atoms with E-state index in [4.69, 9.17) is 0 Å². The van der Waals surface area contributed by atoms with E-state index in [2.05, 4.69) is 10.4 Å². The number of fused-ring (bicyclic) bond motifs is 3. The van der Waals surface area contributed by atoms with E-state index in [-0.39, 0.29) is 36.4 Å². The van der Waals surface area contributed by atoms with Gasteiger partial charge in [-0.25, -0.2) is 9.07 Å². The monoisotopic (exact) mass is 406 g/mol. The number of rotatable bonds is 6. The molecule has 30 heavy (non-hydrogen) atoms. The molecule has 4 rings (SSSR count). The van der Waals surface area contributed by atoms with Gasteiger partial charge in [0.05, 0.1) is 12.7 Å². The Bertz CT molecular complexity index is 1290. The van der Waals surface area contributed by atoms with Gasteiger partial charge in [-0.2, -0.15) is 5.10 Å². The van der Waals surface area contributed by atoms with Crippen LogP contribution in [0.3, 0.4) is 0 Å². The van der Waals surface area contributed by atoms with E-state index in [0.717, 1.165) is 22.0 Å². The van der Waals surface area contributed by atoms with Crippen LogP contribution in [0.15, 0.2) is 59.5 Å². The van der Waals surface area contributed by atoms with Crippen LogP contribution in [0.1, 0.15) is 25.8 Å². The van der Waals surface area contributed by atoms with Gasteiger partial charge in [-0.1, -0.05) is 43.3 Å². The van der Waals surface area contributed by atoms with E-state index in [1.54, 1.807) is 29.0 Å². The van der Waals surface area contributed by atoms with Gasteiger partial charge in [0.2, 0.25) is 5.91 Å². The van der Waals surface area contributed by atoms with Crippen molar-refractivity contribution < 1.29 is 9.18 Å². The van der Waals surface area contributed by atoms with Crippen LogP contribution in [-0.2, 0) is 17.9 Å². The van der Waals surface area contributed by atoms with Gasteiger partial charge in [0.15, 0.2) is 0 Å². The molecular weight excluding hydrogens is 383 g/mol. The Hall–Kier alpha value is -3.48. The van der Waals surface area contributed by atoms with Crippen LogP contribution in [0.5, 0.6) is 0 Å². The molecule has 4 aromatic rings. The van der Waals surface area contributed by atoms with Crippen molar-refractivity contribution in [3.63, 3.8) is 0 Å². The van der Waals surface area contributed by atoms with Gasteiger partial charge in [-0.15, -0.1) is 0 Å². The van der Waals surface area contributed by atoms with Crippen LogP contribution in [0.25, 0.3) is 21.8 Å². The first kappa shape index (κ1) is 19.8. The Labute approximate surface area is 172 Å². The summed E-state index contributed by atoms with van der Waals surface area (Å²) in [5, 5.41) is 8.62. The van der Waals surface area contributed by atoms with Crippen molar-refractivity contribution >= 4 is 27.7 Å². The minimum absolute atomic E-state index is 0.0180. The highest BCUT2D eigenvalue weighted by atomic mass is 19.1. The summed E-state index contributed by atoms with van der Waals surface area (Å²) in [7, 11) is 0. The number of para-hydroxylation sites is 1. The number of carbonyl (C=O) groups excluding carboxylic acids is 1. The number of hydrogen-bond acceptors (Lipinski definition) is 3. The van der Waals surface area contributed by atoms with E-state index >= 15 is 0 Å². The van der Waals surface area contributed by atoms with Crippen molar-refractivity contribution in [3.8, 4) is 0 Å². The second-order valence-corrected chi connectivity index (χ2v) is 7.44. The first-order valence-corrected chi connectivity index (χ1v) is 9.99. The third-order valence-corrected chi connectivity index (χ3v) is 5.37. The Morgan fingerprint density at radius 2 is 1.87 bits per heavy atom. The number of carbonyl (C=O) groups is 1. The summed E-state index contributed by atoms with van der Waals surface area (Å²) in [4.78, 5) is 25.6. The Kier molecular flexibility index (Phi) is 5.35. The molecule has 2 aromatic carbocycles. The van der Waals surface area contributed by atoms with Gasteiger partial charge >= 0.3 is 0 Å². The lowest BCUT2D eigenvalue weighted by atomic mass is 10.2. The highest BCUT2D eigenvalue weighted by molar-refractivity contribution is 6.07. The highest BCUT2D eigenvalue weighted by Crippen LogP contribution is 2.27. The fourth-order valence-corrected chi connectivity index (χ4v) is 3.63. The third kappa shape index (κ3) is 3.58. The number of benzene rings is 2. The predicted molar refractivity (Wildman–Crippen MR) is 115 cm³/mol. The van der Waals surface area contributed by atoms with Gasteiger partial charge < -0.3 is 9.88 Å². The summed E-state index contributed by atoms with van der Waals surface area (Å²) in [5.74, 6) is -0.596. The molecular formula is C23H23FN4O2. The largest absolute Gasteiger partial charge is 0.352 e. The first-order chi connectivity index (χ1) is 14.5. The molecule has 0 unspecified atom stereocenters. The fraction of sp³-hybridized carbons (Fsp3) is 0.261. The Morgan fingerprint density at radius 1 is 1.13 bits per heavy atom. The topological polar surface area (TPSA) is 68.9 Å². The van der Waals surface area contributed by atoms with Crippen LogP contribution in [0, 0.1) is 5.82 Å². The fourth-order valence-electron chi connectivity index (χ4n) is 3.63. The van der Waals surface area contributed by atoms with Crippen molar-refractivity contribution in [1.82, 2.24) is 19.7 Å². The van der Waals surface area contributed by atoms with E-state index in [1.807, 2.05) is 38.1 Å².